The van der Waals surface area contributed by atoms with Gasteiger partial charge >= 0.3 is 16.4 Å². The summed E-state index contributed by atoms with van der Waals surface area (Å²) in [5.41, 5.74) is -0.212. The van der Waals surface area contributed by atoms with Gasteiger partial charge in [0.05, 0.1) is 12.1 Å². The number of benzene rings is 1. The third kappa shape index (κ3) is 3.89. The number of carbonyl (C=O) groups is 2. The molecule has 0 saturated carbocycles. The van der Waals surface area contributed by atoms with Crippen molar-refractivity contribution in [3.63, 3.8) is 0 Å². The molecule has 146 valence electrons. The molecule has 1 aromatic rings. The van der Waals surface area contributed by atoms with Gasteiger partial charge in [-0.1, -0.05) is 0 Å². The van der Waals surface area contributed by atoms with Crippen LogP contribution in [0.3, 0.4) is 0 Å². The van der Waals surface area contributed by atoms with E-state index in [1.165, 1.54) is 0 Å². The smallest absolute Gasteiger partial charge is 0.310 e. The lowest BCUT2D eigenvalue weighted by molar-refractivity contribution is -0.0316. The van der Waals surface area contributed by atoms with Gasteiger partial charge in [-0.2, -0.15) is 13.5 Å². The van der Waals surface area contributed by atoms with Gasteiger partial charge in [-0.25, -0.2) is 13.6 Å². The van der Waals surface area contributed by atoms with Crippen molar-refractivity contribution in [3.8, 4) is 0 Å². The van der Waals surface area contributed by atoms with E-state index in [2.05, 4.69) is 9.60 Å². The predicted molar refractivity (Wildman–Crippen MR) is 84.9 cm³/mol. The Kier molecular flexibility index (Phi) is 4.84. The van der Waals surface area contributed by atoms with Crippen LogP contribution < -0.4 is 5.32 Å². The molecular weight excluding hydrogens is 390 g/mol. The fourth-order valence-corrected chi connectivity index (χ4v) is 3.44. The number of urea groups is 1. The van der Waals surface area contributed by atoms with Crippen molar-refractivity contribution < 1.29 is 35.6 Å². The van der Waals surface area contributed by atoms with E-state index in [0.717, 1.165) is 17.0 Å². The van der Waals surface area contributed by atoms with E-state index in [4.69, 9.17) is 9.96 Å². The number of amides is 3. The molecule has 2 aliphatic heterocycles. The molecule has 0 aliphatic carbocycles. The number of halogens is 2. The first kappa shape index (κ1) is 19.1. The van der Waals surface area contributed by atoms with Crippen molar-refractivity contribution in [2.75, 3.05) is 6.54 Å². The van der Waals surface area contributed by atoms with Crippen LogP contribution >= 0.6 is 0 Å². The molecule has 13 heteroatoms. The number of hydroxylamine groups is 2. The van der Waals surface area contributed by atoms with Crippen LogP contribution in [-0.4, -0.2) is 59.3 Å². The third-order valence-electron chi connectivity index (χ3n) is 4.26. The van der Waals surface area contributed by atoms with Gasteiger partial charge in [0, 0.05) is 12.1 Å². The number of nitrogens with zero attached hydrogens (tertiary/aromatic N) is 2. The van der Waals surface area contributed by atoms with E-state index in [1.54, 1.807) is 0 Å². The van der Waals surface area contributed by atoms with Crippen LogP contribution in [0.25, 0.3) is 0 Å². The second-order valence-electron chi connectivity index (χ2n) is 6.01. The van der Waals surface area contributed by atoms with Gasteiger partial charge in [0.1, 0.15) is 5.84 Å². The minimum atomic E-state index is -4.89. The summed E-state index contributed by atoms with van der Waals surface area (Å²) in [6, 6.07) is 0.0986. The van der Waals surface area contributed by atoms with E-state index in [9.17, 15) is 26.8 Å². The first-order valence-electron chi connectivity index (χ1n) is 7.68. The number of hydrogen-bond acceptors (Lipinski definition) is 6. The molecule has 2 unspecified atom stereocenters. The van der Waals surface area contributed by atoms with Crippen molar-refractivity contribution in [1.29, 1.82) is 5.41 Å². The minimum Gasteiger partial charge on any atom is -0.310 e. The number of amidine groups is 1. The van der Waals surface area contributed by atoms with Crippen molar-refractivity contribution in [3.05, 3.63) is 35.4 Å². The van der Waals surface area contributed by atoms with Gasteiger partial charge in [-0.3, -0.25) is 14.8 Å². The summed E-state index contributed by atoms with van der Waals surface area (Å²) in [5.74, 6) is -3.58. The summed E-state index contributed by atoms with van der Waals surface area (Å²) in [6.07, 6.45) is 0.477. The van der Waals surface area contributed by atoms with Gasteiger partial charge in [0.15, 0.2) is 11.6 Å². The maximum atomic E-state index is 13.2. The largest absolute Gasteiger partial charge is 0.418 e. The molecule has 0 radical (unpaired) electrons. The molecule has 2 heterocycles. The topological polar surface area (TPSA) is 140 Å². The molecule has 3 amide bonds. The average Bonchev–Trinajstić information content (AvgIpc) is 2.80. The van der Waals surface area contributed by atoms with Gasteiger partial charge in [0.2, 0.25) is 0 Å². The van der Waals surface area contributed by atoms with Crippen LogP contribution in [0.2, 0.25) is 0 Å². The maximum absolute atomic E-state index is 13.2. The highest BCUT2D eigenvalue weighted by molar-refractivity contribution is 7.80. The lowest BCUT2D eigenvalue weighted by Crippen LogP contribution is -2.50. The molecule has 2 bridgehead atoms. The number of carbonyl (C=O) groups excluding carboxylic acids is 2. The average molecular weight is 404 g/mol. The zero-order chi connectivity index (χ0) is 19.9. The Morgan fingerprint density at radius 2 is 2.00 bits per heavy atom. The molecule has 2 atom stereocenters. The van der Waals surface area contributed by atoms with E-state index in [-0.39, 0.29) is 30.8 Å². The molecule has 27 heavy (non-hydrogen) atoms. The molecule has 0 spiro atoms. The van der Waals surface area contributed by atoms with Crippen LogP contribution in [-0.2, 0) is 14.7 Å². The van der Waals surface area contributed by atoms with E-state index < -0.39 is 46.1 Å². The van der Waals surface area contributed by atoms with Crippen LogP contribution in [0.5, 0.6) is 0 Å². The van der Waals surface area contributed by atoms with Crippen LogP contribution in [0.1, 0.15) is 23.2 Å². The van der Waals surface area contributed by atoms with E-state index >= 15 is 0 Å². The number of fused-ring (bicyclic) bond motifs is 2. The number of piperidine rings is 1. The highest BCUT2D eigenvalue weighted by Crippen LogP contribution is 2.30. The first-order valence-corrected chi connectivity index (χ1v) is 9.05. The van der Waals surface area contributed by atoms with Gasteiger partial charge < -0.3 is 10.2 Å². The quantitative estimate of drug-likeness (QED) is 0.383. The van der Waals surface area contributed by atoms with Crippen LogP contribution in [0, 0.1) is 17.0 Å². The molecule has 3 N–H and O–H groups in total. The van der Waals surface area contributed by atoms with E-state index in [0.29, 0.717) is 11.1 Å². The molecule has 0 aromatic heterocycles. The van der Waals surface area contributed by atoms with Crippen LogP contribution in [0.15, 0.2) is 18.2 Å². The molecule has 1 aromatic carbocycles. The summed E-state index contributed by atoms with van der Waals surface area (Å²) in [5, 5.41) is 10.8. The standard InChI is InChI=1S/C14H14F2N4O6S/c15-9-3-1-7(5-10(9)16)13(21)18-12(17)11-4-2-8-6-19(11)14(22)20(8)26-27(23,24)25/h1,3,5,8,11H,2,4,6H2,(H2,17,18,21)(H,23,24,25). The Morgan fingerprint density at radius 1 is 1.30 bits per heavy atom. The molecule has 2 aliphatic rings. The zero-order valence-corrected chi connectivity index (χ0v) is 14.4. The zero-order valence-electron chi connectivity index (χ0n) is 13.6. The third-order valence-corrected chi connectivity index (χ3v) is 4.61. The molecular formula is C14H14F2N4O6S. The lowest BCUT2D eigenvalue weighted by Gasteiger charge is -2.30. The number of nitrogens with one attached hydrogen (secondary N) is 2. The Morgan fingerprint density at radius 3 is 2.63 bits per heavy atom. The second kappa shape index (κ2) is 6.83. The number of hydrogen-bond donors (Lipinski definition) is 3. The van der Waals surface area contributed by atoms with Gasteiger partial charge in [-0.05, 0) is 31.0 Å². The Bertz CT molecular complexity index is 924. The summed E-state index contributed by atoms with van der Waals surface area (Å²) in [4.78, 5) is 25.5. The summed E-state index contributed by atoms with van der Waals surface area (Å²) in [7, 11) is -4.89. The fraction of sp³-hybridized carbons (Fsp3) is 0.357. The highest BCUT2D eigenvalue weighted by atomic mass is 32.3. The Balaban J connectivity index is 1.70. The van der Waals surface area contributed by atoms with Crippen molar-refractivity contribution >= 4 is 28.2 Å². The highest BCUT2D eigenvalue weighted by Gasteiger charge is 2.48. The Labute approximate surface area is 152 Å². The normalized spacial score (nSPS) is 22.1. The van der Waals surface area contributed by atoms with Crippen LogP contribution in [0.4, 0.5) is 13.6 Å². The molecule has 2 saturated heterocycles. The van der Waals surface area contributed by atoms with Gasteiger partial charge in [-0.15, -0.1) is 4.28 Å². The maximum Gasteiger partial charge on any atom is 0.418 e. The monoisotopic (exact) mass is 404 g/mol. The SMILES string of the molecule is N=C(NC(=O)c1ccc(F)c(F)c1)C1CCC2CN1C(=O)N2OS(=O)(=O)O. The first-order chi connectivity index (χ1) is 12.6. The Hall–Kier alpha value is -2.64. The number of rotatable bonds is 4. The lowest BCUT2D eigenvalue weighted by atomic mass is 10.00. The van der Waals surface area contributed by atoms with Crippen molar-refractivity contribution in [2.24, 2.45) is 0 Å². The minimum absolute atomic E-state index is 0.0302. The summed E-state index contributed by atoms with van der Waals surface area (Å²) < 4.78 is 60.9. The molecule has 2 fully saturated rings. The second-order valence-corrected chi connectivity index (χ2v) is 7.01. The van der Waals surface area contributed by atoms with Gasteiger partial charge in [0.25, 0.3) is 5.91 Å². The van der Waals surface area contributed by atoms with Crippen molar-refractivity contribution in [1.82, 2.24) is 15.3 Å². The molecule has 10 nitrogen and oxygen atoms in total. The predicted octanol–water partition coefficient (Wildman–Crippen LogP) is 0.675. The van der Waals surface area contributed by atoms with E-state index in [1.807, 2.05) is 0 Å². The molecule has 3 rings (SSSR count). The summed E-state index contributed by atoms with van der Waals surface area (Å²) >= 11 is 0. The van der Waals surface area contributed by atoms with Crippen molar-refractivity contribution in [2.45, 2.75) is 24.9 Å². The summed E-state index contributed by atoms with van der Waals surface area (Å²) in [6.45, 7) is 0.0302. The fourth-order valence-electron chi connectivity index (χ4n) is 3.05.